The van der Waals surface area contributed by atoms with Crippen molar-refractivity contribution >= 4 is 92.1 Å². The first-order chi connectivity index (χ1) is 13.5. The first kappa shape index (κ1) is 26.6. The number of nitrogens with one attached hydrogen (secondary N) is 1. The number of thiocarbonyl (C=S) groups is 1. The SMILES string of the molecule is C=CCOC(=O)CCCSC(=S)S[C@H]1NC(=O)[C@@H]1C(C)OC(=O)OCC(Cl)(Cl)Cl. The average Bonchev–Trinajstić information content (AvgIpc) is 2.60. The Kier molecular flexibility index (Phi) is 12.0. The Hall–Kier alpha value is -0.390. The Bertz CT molecular complexity index is 632. The van der Waals surface area contributed by atoms with Crippen LogP contribution in [0.3, 0.4) is 0 Å². The first-order valence-electron chi connectivity index (χ1n) is 8.34. The lowest BCUT2D eigenvalue weighted by Crippen LogP contribution is -2.61. The van der Waals surface area contributed by atoms with Gasteiger partial charge in [-0.2, -0.15) is 0 Å². The van der Waals surface area contributed by atoms with Crippen LogP contribution in [0.5, 0.6) is 0 Å². The van der Waals surface area contributed by atoms with Gasteiger partial charge in [0.2, 0.25) is 9.70 Å². The minimum atomic E-state index is -1.75. The number of rotatable bonds is 10. The average molecular weight is 525 g/mol. The molecule has 1 amide bonds. The fraction of sp³-hybridized carbons (Fsp3) is 0.625. The van der Waals surface area contributed by atoms with Crippen LogP contribution >= 0.6 is 70.5 Å². The maximum atomic E-state index is 11.9. The smallest absolute Gasteiger partial charge is 0.461 e. The van der Waals surface area contributed by atoms with Gasteiger partial charge >= 0.3 is 12.1 Å². The molecule has 0 aliphatic carbocycles. The summed E-state index contributed by atoms with van der Waals surface area (Å²) in [5.74, 6) is -0.506. The van der Waals surface area contributed by atoms with Gasteiger partial charge in [0.05, 0.1) is 5.37 Å². The summed E-state index contributed by atoms with van der Waals surface area (Å²) in [5.41, 5.74) is 0. The van der Waals surface area contributed by atoms with Gasteiger partial charge in [-0.3, -0.25) is 9.59 Å². The van der Waals surface area contributed by atoms with Crippen molar-refractivity contribution in [1.29, 1.82) is 0 Å². The Labute approximate surface area is 197 Å². The third-order valence-corrected chi connectivity index (χ3v) is 6.58. The molecular weight excluding hydrogens is 505 g/mol. The van der Waals surface area contributed by atoms with Crippen molar-refractivity contribution in [3.05, 3.63) is 12.7 Å². The predicted octanol–water partition coefficient (Wildman–Crippen LogP) is 4.23. The molecule has 1 unspecified atom stereocenters. The van der Waals surface area contributed by atoms with Crippen molar-refractivity contribution in [2.24, 2.45) is 5.92 Å². The van der Waals surface area contributed by atoms with Gasteiger partial charge in [-0.1, -0.05) is 71.4 Å². The van der Waals surface area contributed by atoms with Crippen LogP contribution in [0.1, 0.15) is 19.8 Å². The lowest BCUT2D eigenvalue weighted by Gasteiger charge is -2.38. The monoisotopic (exact) mass is 523 g/mol. The molecule has 0 aromatic carbocycles. The van der Waals surface area contributed by atoms with Gasteiger partial charge in [-0.25, -0.2) is 4.79 Å². The second-order valence-electron chi connectivity index (χ2n) is 5.72. The van der Waals surface area contributed by atoms with Gasteiger partial charge in [0.15, 0.2) is 0 Å². The lowest BCUT2D eigenvalue weighted by atomic mass is 9.96. The molecule has 3 atom stereocenters. The van der Waals surface area contributed by atoms with E-state index in [9.17, 15) is 14.4 Å². The van der Waals surface area contributed by atoms with Gasteiger partial charge in [0.1, 0.15) is 28.8 Å². The molecule has 29 heavy (non-hydrogen) atoms. The minimum Gasteiger partial charge on any atom is -0.461 e. The molecule has 1 N–H and O–H groups in total. The molecule has 0 spiro atoms. The molecule has 13 heteroatoms. The van der Waals surface area contributed by atoms with E-state index in [1.54, 1.807) is 6.92 Å². The number of β-lactam (4-membered cyclic amide) rings is 1. The molecule has 0 radical (unpaired) electrons. The molecule has 1 aliphatic rings. The standard InChI is InChI=1S/C16H20Cl3NO6S3/c1-3-6-24-10(21)5-4-7-28-15(27)29-13-11(12(22)20-13)9(2)26-14(23)25-8-16(17,18)19/h3,9,11,13H,1,4-8H2,2H3,(H,20,22)/t9?,11-,13+/m0/s1. The molecule has 1 aliphatic heterocycles. The zero-order valence-electron chi connectivity index (χ0n) is 15.4. The molecular formula is C16H20Cl3NO6S3. The van der Waals surface area contributed by atoms with Crippen LogP contribution in [0.15, 0.2) is 12.7 Å². The van der Waals surface area contributed by atoms with E-state index in [4.69, 9.17) is 56.5 Å². The molecule has 164 valence electrons. The number of hydrogen-bond acceptors (Lipinski definition) is 9. The topological polar surface area (TPSA) is 90.9 Å². The number of esters is 1. The quantitative estimate of drug-likeness (QED) is 0.113. The number of hydrogen-bond donors (Lipinski definition) is 1. The van der Waals surface area contributed by atoms with Crippen LogP contribution in [-0.4, -0.2) is 55.8 Å². The van der Waals surface area contributed by atoms with Crippen molar-refractivity contribution in [2.45, 2.75) is 35.0 Å². The maximum Gasteiger partial charge on any atom is 0.508 e. The highest BCUT2D eigenvalue weighted by atomic mass is 35.6. The number of amides is 1. The molecule has 1 saturated heterocycles. The highest BCUT2D eigenvalue weighted by Gasteiger charge is 2.46. The van der Waals surface area contributed by atoms with Crippen LogP contribution in [0.25, 0.3) is 0 Å². The van der Waals surface area contributed by atoms with Gasteiger partial charge in [-0.05, 0) is 19.1 Å². The third-order valence-electron chi connectivity index (χ3n) is 3.39. The van der Waals surface area contributed by atoms with Crippen molar-refractivity contribution in [2.75, 3.05) is 19.0 Å². The number of ether oxygens (including phenoxy) is 3. The van der Waals surface area contributed by atoms with E-state index >= 15 is 0 Å². The van der Waals surface area contributed by atoms with E-state index in [1.165, 1.54) is 29.6 Å². The Morgan fingerprint density at radius 2 is 2.07 bits per heavy atom. The van der Waals surface area contributed by atoms with Gasteiger partial charge < -0.3 is 19.5 Å². The summed E-state index contributed by atoms with van der Waals surface area (Å²) in [7, 11) is 0. The molecule has 1 rings (SSSR count). The number of carbonyl (C=O) groups is 3. The summed E-state index contributed by atoms with van der Waals surface area (Å²) in [6.45, 7) is 4.76. The number of thioether (sulfide) groups is 2. The van der Waals surface area contributed by atoms with Crippen molar-refractivity contribution < 1.29 is 28.6 Å². The Balaban J connectivity index is 2.32. The zero-order chi connectivity index (χ0) is 22.0. The highest BCUT2D eigenvalue weighted by molar-refractivity contribution is 8.47. The molecule has 1 heterocycles. The summed E-state index contributed by atoms with van der Waals surface area (Å²) in [5, 5.41) is 2.37. The summed E-state index contributed by atoms with van der Waals surface area (Å²) in [6, 6.07) is 0. The van der Waals surface area contributed by atoms with Crippen LogP contribution in [-0.2, 0) is 23.8 Å². The third kappa shape index (κ3) is 11.0. The molecule has 1 fully saturated rings. The van der Waals surface area contributed by atoms with Gasteiger partial charge in [0, 0.05) is 6.42 Å². The highest BCUT2D eigenvalue weighted by Crippen LogP contribution is 2.34. The molecule has 0 aromatic heterocycles. The van der Waals surface area contributed by atoms with E-state index in [1.807, 2.05) is 0 Å². The summed E-state index contributed by atoms with van der Waals surface area (Å²) in [6.07, 6.45) is 0.616. The van der Waals surface area contributed by atoms with Crippen LogP contribution in [0.4, 0.5) is 4.79 Å². The second-order valence-corrected chi connectivity index (χ2v) is 11.7. The van der Waals surface area contributed by atoms with E-state index in [-0.39, 0.29) is 30.3 Å². The van der Waals surface area contributed by atoms with Gasteiger partial charge in [-0.15, -0.1) is 11.8 Å². The lowest BCUT2D eigenvalue weighted by molar-refractivity contribution is -0.142. The van der Waals surface area contributed by atoms with Crippen molar-refractivity contribution in [1.82, 2.24) is 5.32 Å². The zero-order valence-corrected chi connectivity index (χ0v) is 20.1. The van der Waals surface area contributed by atoms with Crippen LogP contribution in [0, 0.1) is 5.92 Å². The summed E-state index contributed by atoms with van der Waals surface area (Å²) >= 11 is 24.5. The fourth-order valence-electron chi connectivity index (χ4n) is 2.06. The normalized spacial score (nSPS) is 19.4. The van der Waals surface area contributed by atoms with Crippen LogP contribution < -0.4 is 5.32 Å². The molecule has 7 nitrogen and oxygen atoms in total. The van der Waals surface area contributed by atoms with E-state index in [0.717, 1.165) is 0 Å². The van der Waals surface area contributed by atoms with Gasteiger partial charge in [0.25, 0.3) is 0 Å². The fourth-order valence-corrected chi connectivity index (χ4v) is 4.95. The first-order valence-corrected chi connectivity index (χ1v) is 11.7. The van der Waals surface area contributed by atoms with Crippen molar-refractivity contribution in [3.63, 3.8) is 0 Å². The number of halogens is 3. The Morgan fingerprint density at radius 1 is 1.38 bits per heavy atom. The van der Waals surface area contributed by atoms with E-state index in [2.05, 4.69) is 16.6 Å². The van der Waals surface area contributed by atoms with Crippen LogP contribution in [0.2, 0.25) is 0 Å². The Morgan fingerprint density at radius 3 is 2.66 bits per heavy atom. The minimum absolute atomic E-state index is 0.196. The van der Waals surface area contributed by atoms with E-state index < -0.39 is 28.6 Å². The number of alkyl halides is 3. The maximum absolute atomic E-state index is 11.9. The number of carbonyl (C=O) groups excluding carboxylic acids is 3. The second kappa shape index (κ2) is 13.1. The predicted molar refractivity (Wildman–Crippen MR) is 121 cm³/mol. The molecule has 0 bridgehead atoms. The summed E-state index contributed by atoms with van der Waals surface area (Å²) < 4.78 is 13.5. The largest absolute Gasteiger partial charge is 0.508 e. The van der Waals surface area contributed by atoms with Crippen molar-refractivity contribution in [3.8, 4) is 0 Å². The molecule has 0 saturated carbocycles. The summed E-state index contributed by atoms with van der Waals surface area (Å²) in [4.78, 5) is 34.9. The molecule has 0 aromatic rings. The van der Waals surface area contributed by atoms with E-state index in [0.29, 0.717) is 15.7 Å².